The van der Waals surface area contributed by atoms with Crippen LogP contribution in [-0.4, -0.2) is 17.2 Å². The van der Waals surface area contributed by atoms with Crippen molar-refractivity contribution in [3.05, 3.63) is 70.5 Å². The highest BCUT2D eigenvalue weighted by Crippen LogP contribution is 2.21. The Morgan fingerprint density at radius 2 is 1.91 bits per heavy atom. The summed E-state index contributed by atoms with van der Waals surface area (Å²) in [5.41, 5.74) is 0.903. The van der Waals surface area contributed by atoms with Gasteiger partial charge >= 0.3 is 12.1 Å². The van der Waals surface area contributed by atoms with Gasteiger partial charge in [0.2, 0.25) is 0 Å². The minimum absolute atomic E-state index is 0.00316. The Morgan fingerprint density at radius 3 is 2.52 bits per heavy atom. The van der Waals surface area contributed by atoms with Crippen molar-refractivity contribution in [1.29, 1.82) is 0 Å². The first kappa shape index (κ1) is 16.8. The number of hydrogen-bond donors (Lipinski definition) is 2. The normalized spacial score (nSPS) is 11.6. The van der Waals surface area contributed by atoms with E-state index in [1.54, 1.807) is 24.3 Å². The molecular formula is C16H13ClFNO4. The molecule has 2 aromatic carbocycles. The third-order valence-corrected chi connectivity index (χ3v) is 3.29. The van der Waals surface area contributed by atoms with Crippen LogP contribution in [-0.2, 0) is 16.1 Å². The molecule has 7 heteroatoms. The molecule has 1 amide bonds. The van der Waals surface area contributed by atoms with E-state index in [-0.39, 0.29) is 17.2 Å². The summed E-state index contributed by atoms with van der Waals surface area (Å²) in [6.07, 6.45) is -0.901. The van der Waals surface area contributed by atoms with Gasteiger partial charge in [0.05, 0.1) is 5.02 Å². The van der Waals surface area contributed by atoms with Crippen molar-refractivity contribution in [2.75, 3.05) is 0 Å². The second-order valence-corrected chi connectivity index (χ2v) is 5.06. The molecule has 0 fully saturated rings. The maximum Gasteiger partial charge on any atom is 0.408 e. The van der Waals surface area contributed by atoms with Crippen LogP contribution < -0.4 is 5.32 Å². The molecule has 2 rings (SSSR count). The van der Waals surface area contributed by atoms with E-state index in [0.29, 0.717) is 0 Å². The minimum atomic E-state index is -1.39. The summed E-state index contributed by atoms with van der Waals surface area (Å²) in [6.45, 7) is 0.00316. The van der Waals surface area contributed by atoms with Gasteiger partial charge in [0.25, 0.3) is 0 Å². The van der Waals surface area contributed by atoms with E-state index in [9.17, 15) is 19.1 Å². The summed E-state index contributed by atoms with van der Waals surface area (Å²) in [5.74, 6) is -1.99. The molecule has 0 saturated carbocycles. The SMILES string of the molecule is O=C(NC(C(=O)O)c1ccc(F)c(Cl)c1)OCc1ccccc1. The number of ether oxygens (including phenoxy) is 1. The Hall–Kier alpha value is -2.60. The standard InChI is InChI=1S/C16H13ClFNO4/c17-12-8-11(6-7-13(12)18)14(15(20)21)19-16(22)23-9-10-4-2-1-3-5-10/h1-8,14H,9H2,(H,19,22)(H,20,21). The highest BCUT2D eigenvalue weighted by atomic mass is 35.5. The molecule has 0 aliphatic rings. The number of hydrogen-bond acceptors (Lipinski definition) is 3. The fourth-order valence-corrected chi connectivity index (χ4v) is 2.05. The Kier molecular flexibility index (Phi) is 5.54. The van der Waals surface area contributed by atoms with Crippen molar-refractivity contribution in [3.8, 4) is 0 Å². The molecule has 0 saturated heterocycles. The highest BCUT2D eigenvalue weighted by molar-refractivity contribution is 6.30. The first-order chi connectivity index (χ1) is 11.0. The average Bonchev–Trinajstić information content (AvgIpc) is 2.54. The molecule has 0 bridgehead atoms. The van der Waals surface area contributed by atoms with Crippen molar-refractivity contribution < 1.29 is 23.8 Å². The molecule has 0 heterocycles. The molecular weight excluding hydrogens is 325 g/mol. The number of alkyl carbamates (subject to hydrolysis) is 1. The quantitative estimate of drug-likeness (QED) is 0.875. The Labute approximate surface area is 136 Å². The fraction of sp³-hybridized carbons (Fsp3) is 0.125. The average molecular weight is 338 g/mol. The van der Waals surface area contributed by atoms with Crippen LogP contribution in [0.2, 0.25) is 5.02 Å². The van der Waals surface area contributed by atoms with Gasteiger partial charge in [0.1, 0.15) is 12.4 Å². The number of carbonyl (C=O) groups excluding carboxylic acids is 1. The Balaban J connectivity index is 2.02. The Bertz CT molecular complexity index is 708. The van der Waals surface area contributed by atoms with Gasteiger partial charge in [-0.3, -0.25) is 0 Å². The lowest BCUT2D eigenvalue weighted by Gasteiger charge is -2.15. The summed E-state index contributed by atoms with van der Waals surface area (Å²) in [5, 5.41) is 11.2. The van der Waals surface area contributed by atoms with Crippen molar-refractivity contribution in [2.24, 2.45) is 0 Å². The fourth-order valence-electron chi connectivity index (χ4n) is 1.86. The first-order valence-corrected chi connectivity index (χ1v) is 7.00. The van der Waals surface area contributed by atoms with E-state index < -0.39 is 23.9 Å². The van der Waals surface area contributed by atoms with Crippen molar-refractivity contribution in [3.63, 3.8) is 0 Å². The molecule has 2 aromatic rings. The van der Waals surface area contributed by atoms with Gasteiger partial charge in [-0.2, -0.15) is 0 Å². The van der Waals surface area contributed by atoms with Gasteiger partial charge in [-0.05, 0) is 23.3 Å². The van der Waals surface area contributed by atoms with Gasteiger partial charge in [-0.15, -0.1) is 0 Å². The lowest BCUT2D eigenvalue weighted by atomic mass is 10.1. The molecule has 0 aromatic heterocycles. The summed E-state index contributed by atoms with van der Waals surface area (Å²) < 4.78 is 18.1. The van der Waals surface area contributed by atoms with Gasteiger partial charge in [-0.1, -0.05) is 48.0 Å². The van der Waals surface area contributed by atoms with E-state index in [1.165, 1.54) is 6.07 Å². The summed E-state index contributed by atoms with van der Waals surface area (Å²) in [4.78, 5) is 23.1. The van der Waals surface area contributed by atoms with E-state index in [1.807, 2.05) is 6.07 Å². The maximum absolute atomic E-state index is 13.1. The zero-order valence-electron chi connectivity index (χ0n) is 11.8. The van der Waals surface area contributed by atoms with E-state index >= 15 is 0 Å². The van der Waals surface area contributed by atoms with Crippen molar-refractivity contribution in [1.82, 2.24) is 5.32 Å². The topological polar surface area (TPSA) is 75.6 Å². The molecule has 0 spiro atoms. The van der Waals surface area contributed by atoms with Gasteiger partial charge in [0, 0.05) is 0 Å². The first-order valence-electron chi connectivity index (χ1n) is 6.62. The van der Waals surface area contributed by atoms with Crippen LogP contribution in [0.15, 0.2) is 48.5 Å². The lowest BCUT2D eigenvalue weighted by Crippen LogP contribution is -2.34. The molecule has 0 radical (unpaired) electrons. The second kappa shape index (κ2) is 7.60. The number of amides is 1. The summed E-state index contributed by atoms with van der Waals surface area (Å²) in [7, 11) is 0. The maximum atomic E-state index is 13.1. The smallest absolute Gasteiger partial charge is 0.408 e. The zero-order chi connectivity index (χ0) is 16.8. The second-order valence-electron chi connectivity index (χ2n) is 4.65. The van der Waals surface area contributed by atoms with E-state index in [0.717, 1.165) is 17.7 Å². The molecule has 1 unspecified atom stereocenters. The number of carboxylic acid groups (broad SMARTS) is 1. The van der Waals surface area contributed by atoms with Crippen molar-refractivity contribution >= 4 is 23.7 Å². The summed E-state index contributed by atoms with van der Waals surface area (Å²) in [6, 6.07) is 11.0. The third-order valence-electron chi connectivity index (χ3n) is 3.00. The van der Waals surface area contributed by atoms with E-state index in [2.05, 4.69) is 5.32 Å². The van der Waals surface area contributed by atoms with Crippen LogP contribution >= 0.6 is 11.6 Å². The van der Waals surface area contributed by atoms with Crippen LogP contribution in [0.1, 0.15) is 17.2 Å². The molecule has 2 N–H and O–H groups in total. The summed E-state index contributed by atoms with van der Waals surface area (Å²) >= 11 is 5.63. The van der Waals surface area contributed by atoms with Gasteiger partial charge in [-0.25, -0.2) is 14.0 Å². The number of carboxylic acids is 1. The molecule has 120 valence electrons. The largest absolute Gasteiger partial charge is 0.479 e. The Morgan fingerprint density at radius 1 is 1.22 bits per heavy atom. The minimum Gasteiger partial charge on any atom is -0.479 e. The van der Waals surface area contributed by atoms with Crippen LogP contribution in [0.25, 0.3) is 0 Å². The monoisotopic (exact) mass is 337 g/mol. The third kappa shape index (κ3) is 4.69. The predicted molar refractivity (Wildman–Crippen MR) is 81.5 cm³/mol. The lowest BCUT2D eigenvalue weighted by molar-refractivity contribution is -0.139. The number of aliphatic carboxylic acids is 1. The molecule has 5 nitrogen and oxygen atoms in total. The van der Waals surface area contributed by atoms with Crippen LogP contribution in [0, 0.1) is 5.82 Å². The molecule has 0 aliphatic carbocycles. The zero-order valence-corrected chi connectivity index (χ0v) is 12.6. The van der Waals surface area contributed by atoms with Crippen LogP contribution in [0.3, 0.4) is 0 Å². The van der Waals surface area contributed by atoms with Crippen LogP contribution in [0.5, 0.6) is 0 Å². The predicted octanol–water partition coefficient (Wildman–Crippen LogP) is 3.53. The van der Waals surface area contributed by atoms with Gasteiger partial charge in [0.15, 0.2) is 6.04 Å². The van der Waals surface area contributed by atoms with Crippen molar-refractivity contribution in [2.45, 2.75) is 12.6 Å². The molecule has 23 heavy (non-hydrogen) atoms. The number of carbonyl (C=O) groups is 2. The number of benzene rings is 2. The number of rotatable bonds is 5. The molecule has 0 aliphatic heterocycles. The van der Waals surface area contributed by atoms with E-state index in [4.69, 9.17) is 16.3 Å². The van der Waals surface area contributed by atoms with Gasteiger partial charge < -0.3 is 15.2 Å². The molecule has 1 atom stereocenters. The number of halogens is 2. The number of nitrogens with one attached hydrogen (secondary N) is 1. The van der Waals surface area contributed by atoms with Crippen LogP contribution in [0.4, 0.5) is 9.18 Å². The highest BCUT2D eigenvalue weighted by Gasteiger charge is 2.23.